The van der Waals surface area contributed by atoms with E-state index in [1.165, 1.54) is 6.33 Å². The Morgan fingerprint density at radius 3 is 3.23 bits per heavy atom. The van der Waals surface area contributed by atoms with Crippen molar-refractivity contribution in [2.24, 2.45) is 7.05 Å². The van der Waals surface area contributed by atoms with E-state index in [0.717, 1.165) is 22.9 Å². The summed E-state index contributed by atoms with van der Waals surface area (Å²) in [6.45, 7) is 0. The summed E-state index contributed by atoms with van der Waals surface area (Å²) in [6, 6.07) is 0. The molecule has 4 nitrogen and oxygen atoms in total. The lowest BCUT2D eigenvalue weighted by Gasteiger charge is -1.91. The number of aryl methyl sites for hydroxylation is 1. The summed E-state index contributed by atoms with van der Waals surface area (Å²) >= 11 is 0. The first-order valence-electron chi connectivity index (χ1n) is 4.00. The van der Waals surface area contributed by atoms with Crippen LogP contribution in [0.5, 0.6) is 0 Å². The van der Waals surface area contributed by atoms with Gasteiger partial charge in [-0.05, 0) is 5.56 Å². The summed E-state index contributed by atoms with van der Waals surface area (Å²) in [5.74, 6) is 0. The maximum absolute atomic E-state index is 10.4. The van der Waals surface area contributed by atoms with E-state index in [4.69, 9.17) is 0 Å². The van der Waals surface area contributed by atoms with Crippen LogP contribution in [0.2, 0.25) is 0 Å². The van der Waals surface area contributed by atoms with Gasteiger partial charge in [-0.25, -0.2) is 9.97 Å². The molecule has 2 aromatic rings. The number of hydrogen-bond donors (Lipinski definition) is 0. The van der Waals surface area contributed by atoms with Crippen LogP contribution in [0.4, 0.5) is 0 Å². The number of fused-ring (bicyclic) bond motifs is 1. The predicted octanol–water partition coefficient (Wildman–Crippen LogP) is 0.710. The number of nitrogens with zero attached hydrogens (tertiary/aromatic N) is 3. The summed E-state index contributed by atoms with van der Waals surface area (Å²) < 4.78 is 1.90. The standard InChI is InChI=1S/C9H9N3O/c1-12-5-7(2-3-13)8-4-10-6-11-9(8)12/h3-6H,2H2,1H3. The van der Waals surface area contributed by atoms with Crippen molar-refractivity contribution >= 4 is 17.3 Å². The van der Waals surface area contributed by atoms with Gasteiger partial charge in [0.15, 0.2) is 0 Å². The molecule has 0 aromatic carbocycles. The molecule has 0 amide bonds. The number of carbonyl (C=O) groups excluding carboxylic acids is 1. The molecule has 4 heteroatoms. The number of aromatic nitrogens is 3. The van der Waals surface area contributed by atoms with Crippen LogP contribution >= 0.6 is 0 Å². The lowest BCUT2D eigenvalue weighted by Crippen LogP contribution is -1.86. The summed E-state index contributed by atoms with van der Waals surface area (Å²) in [5.41, 5.74) is 1.85. The Bertz CT molecular complexity index is 447. The third kappa shape index (κ3) is 1.20. The molecular formula is C9H9N3O. The van der Waals surface area contributed by atoms with Crippen molar-refractivity contribution in [2.75, 3.05) is 0 Å². The van der Waals surface area contributed by atoms with Gasteiger partial charge in [0.1, 0.15) is 18.3 Å². The van der Waals surface area contributed by atoms with Crippen LogP contribution in [0, 0.1) is 0 Å². The van der Waals surface area contributed by atoms with Gasteiger partial charge in [-0.15, -0.1) is 0 Å². The monoisotopic (exact) mass is 175 g/mol. The average molecular weight is 175 g/mol. The van der Waals surface area contributed by atoms with Crippen LogP contribution in [-0.2, 0) is 18.3 Å². The van der Waals surface area contributed by atoms with E-state index >= 15 is 0 Å². The molecule has 2 heterocycles. The van der Waals surface area contributed by atoms with Crippen molar-refractivity contribution in [3.05, 3.63) is 24.3 Å². The quantitative estimate of drug-likeness (QED) is 0.631. The molecule has 0 aliphatic heterocycles. The van der Waals surface area contributed by atoms with Gasteiger partial charge in [-0.2, -0.15) is 0 Å². The molecule has 0 radical (unpaired) electrons. The van der Waals surface area contributed by atoms with Crippen LogP contribution in [0.3, 0.4) is 0 Å². The van der Waals surface area contributed by atoms with Crippen LogP contribution < -0.4 is 0 Å². The number of aldehydes is 1. The lowest BCUT2D eigenvalue weighted by molar-refractivity contribution is -0.107. The molecule has 0 unspecified atom stereocenters. The third-order valence-electron chi connectivity index (χ3n) is 2.02. The molecule has 2 aromatic heterocycles. The second kappa shape index (κ2) is 2.97. The molecule has 0 saturated heterocycles. The summed E-state index contributed by atoms with van der Waals surface area (Å²) in [4.78, 5) is 18.4. The van der Waals surface area contributed by atoms with Gasteiger partial charge in [0.05, 0.1) is 0 Å². The highest BCUT2D eigenvalue weighted by Gasteiger charge is 2.05. The number of hydrogen-bond acceptors (Lipinski definition) is 3. The molecule has 0 fully saturated rings. The lowest BCUT2D eigenvalue weighted by atomic mass is 10.2. The van der Waals surface area contributed by atoms with Crippen molar-refractivity contribution in [1.29, 1.82) is 0 Å². The zero-order chi connectivity index (χ0) is 9.26. The maximum Gasteiger partial charge on any atom is 0.143 e. The highest BCUT2D eigenvalue weighted by atomic mass is 16.1. The van der Waals surface area contributed by atoms with E-state index in [0.29, 0.717) is 6.42 Å². The van der Waals surface area contributed by atoms with Gasteiger partial charge in [-0.3, -0.25) is 0 Å². The smallest absolute Gasteiger partial charge is 0.143 e. The Morgan fingerprint density at radius 2 is 2.46 bits per heavy atom. The van der Waals surface area contributed by atoms with Gasteiger partial charge in [0.2, 0.25) is 0 Å². The first-order valence-corrected chi connectivity index (χ1v) is 4.00. The largest absolute Gasteiger partial charge is 0.335 e. The molecule has 2 rings (SSSR count). The molecule has 0 atom stereocenters. The molecule has 0 spiro atoms. The minimum Gasteiger partial charge on any atom is -0.335 e. The first-order chi connectivity index (χ1) is 6.33. The fraction of sp³-hybridized carbons (Fsp3) is 0.222. The van der Waals surface area contributed by atoms with E-state index in [1.807, 2.05) is 17.8 Å². The molecule has 0 saturated carbocycles. The third-order valence-corrected chi connectivity index (χ3v) is 2.02. The van der Waals surface area contributed by atoms with Crippen molar-refractivity contribution < 1.29 is 4.79 Å². The summed E-state index contributed by atoms with van der Waals surface area (Å²) in [6.07, 6.45) is 6.47. The van der Waals surface area contributed by atoms with E-state index in [9.17, 15) is 4.79 Å². The van der Waals surface area contributed by atoms with Crippen LogP contribution in [0.25, 0.3) is 11.0 Å². The maximum atomic E-state index is 10.4. The fourth-order valence-corrected chi connectivity index (χ4v) is 1.45. The minimum atomic E-state index is 0.421. The van der Waals surface area contributed by atoms with Crippen molar-refractivity contribution in [3.63, 3.8) is 0 Å². The van der Waals surface area contributed by atoms with Crippen molar-refractivity contribution in [1.82, 2.24) is 14.5 Å². The van der Waals surface area contributed by atoms with E-state index < -0.39 is 0 Å². The van der Waals surface area contributed by atoms with Crippen molar-refractivity contribution in [2.45, 2.75) is 6.42 Å². The number of carbonyl (C=O) groups is 1. The van der Waals surface area contributed by atoms with Crippen LogP contribution in [-0.4, -0.2) is 20.8 Å². The predicted molar refractivity (Wildman–Crippen MR) is 48.3 cm³/mol. The highest BCUT2D eigenvalue weighted by molar-refractivity contribution is 5.81. The minimum absolute atomic E-state index is 0.421. The van der Waals surface area contributed by atoms with E-state index in [2.05, 4.69) is 9.97 Å². The summed E-state index contributed by atoms with van der Waals surface area (Å²) in [5, 5.41) is 0.956. The van der Waals surface area contributed by atoms with Gasteiger partial charge in [-0.1, -0.05) is 0 Å². The fourth-order valence-electron chi connectivity index (χ4n) is 1.45. The zero-order valence-corrected chi connectivity index (χ0v) is 7.27. The normalized spacial score (nSPS) is 10.5. The molecule has 0 bridgehead atoms. The van der Waals surface area contributed by atoms with Gasteiger partial charge in [0.25, 0.3) is 0 Å². The molecule has 13 heavy (non-hydrogen) atoms. The Kier molecular flexibility index (Phi) is 1.81. The summed E-state index contributed by atoms with van der Waals surface area (Å²) in [7, 11) is 1.91. The Morgan fingerprint density at radius 1 is 1.62 bits per heavy atom. The van der Waals surface area contributed by atoms with Crippen LogP contribution in [0.1, 0.15) is 5.56 Å². The molecule has 66 valence electrons. The van der Waals surface area contributed by atoms with E-state index in [-0.39, 0.29) is 0 Å². The molecule has 0 aliphatic rings. The van der Waals surface area contributed by atoms with Gasteiger partial charge < -0.3 is 9.36 Å². The van der Waals surface area contributed by atoms with E-state index in [1.54, 1.807) is 6.20 Å². The number of rotatable bonds is 2. The topological polar surface area (TPSA) is 47.8 Å². The average Bonchev–Trinajstić information content (AvgIpc) is 2.46. The zero-order valence-electron chi connectivity index (χ0n) is 7.27. The molecule has 0 N–H and O–H groups in total. The van der Waals surface area contributed by atoms with Crippen molar-refractivity contribution in [3.8, 4) is 0 Å². The first kappa shape index (κ1) is 7.91. The SMILES string of the molecule is Cn1cc(CC=O)c2cncnc21. The Hall–Kier alpha value is -1.71. The Balaban J connectivity index is 2.70. The second-order valence-corrected chi connectivity index (χ2v) is 2.90. The second-order valence-electron chi connectivity index (χ2n) is 2.90. The Labute approximate surface area is 75.2 Å². The highest BCUT2D eigenvalue weighted by Crippen LogP contribution is 2.16. The molecular weight excluding hydrogens is 166 g/mol. The van der Waals surface area contributed by atoms with Crippen LogP contribution in [0.15, 0.2) is 18.7 Å². The van der Waals surface area contributed by atoms with Gasteiger partial charge in [0, 0.05) is 31.2 Å². The molecule has 0 aliphatic carbocycles. The van der Waals surface area contributed by atoms with Gasteiger partial charge >= 0.3 is 0 Å².